The summed E-state index contributed by atoms with van der Waals surface area (Å²) in [6, 6.07) is 9.10. The fraction of sp³-hybridized carbons (Fsp3) is 0.267. The van der Waals surface area contributed by atoms with Crippen molar-refractivity contribution in [2.75, 3.05) is 17.2 Å². The Bertz CT molecular complexity index is 648. The second-order valence-corrected chi connectivity index (χ2v) is 4.94. The number of anilines is 2. The summed E-state index contributed by atoms with van der Waals surface area (Å²) in [5, 5.41) is 8.87. The van der Waals surface area contributed by atoms with Gasteiger partial charge < -0.3 is 20.2 Å². The van der Waals surface area contributed by atoms with Crippen LogP contribution >= 0.6 is 0 Å². The number of carbonyl (C=O) groups is 1. The highest BCUT2D eigenvalue weighted by Crippen LogP contribution is 2.32. The zero-order valence-corrected chi connectivity index (χ0v) is 11.0. The molecule has 3 rings (SSSR count). The lowest BCUT2D eigenvalue weighted by molar-refractivity contribution is 0.0660. The van der Waals surface area contributed by atoms with Gasteiger partial charge in [0.1, 0.15) is 5.76 Å². The van der Waals surface area contributed by atoms with Crippen LogP contribution in [0.1, 0.15) is 28.3 Å². The quantitative estimate of drug-likeness (QED) is 0.839. The smallest absolute Gasteiger partial charge is 0.371 e. The minimum absolute atomic E-state index is 0.0233. The average molecular weight is 272 g/mol. The topological polar surface area (TPSA) is 79.7 Å². The Kier molecular flexibility index (Phi) is 3.10. The van der Waals surface area contributed by atoms with Crippen molar-refractivity contribution in [3.8, 4) is 0 Å². The van der Waals surface area contributed by atoms with E-state index in [1.807, 2.05) is 18.2 Å². The molecule has 5 heteroatoms. The number of benzene rings is 1. The van der Waals surface area contributed by atoms with Crippen molar-refractivity contribution in [3.05, 3.63) is 47.4 Å². The number of hydrogen-bond acceptors (Lipinski definition) is 4. The number of carboxylic acid groups (broad SMARTS) is 1. The molecule has 0 fully saturated rings. The fourth-order valence-electron chi connectivity index (χ4n) is 2.66. The van der Waals surface area contributed by atoms with Crippen LogP contribution in [-0.2, 0) is 13.0 Å². The van der Waals surface area contributed by atoms with Gasteiger partial charge in [-0.3, -0.25) is 0 Å². The van der Waals surface area contributed by atoms with E-state index in [0.29, 0.717) is 12.3 Å². The number of furan rings is 1. The number of fused-ring (bicyclic) bond motifs is 1. The molecule has 2 heterocycles. The fourth-order valence-corrected chi connectivity index (χ4v) is 2.66. The molecule has 20 heavy (non-hydrogen) atoms. The first-order chi connectivity index (χ1) is 9.65. The number of nitrogens with two attached hydrogens (primary N) is 1. The van der Waals surface area contributed by atoms with Gasteiger partial charge in [0.15, 0.2) is 0 Å². The van der Waals surface area contributed by atoms with Crippen LogP contribution in [0.25, 0.3) is 0 Å². The molecule has 2 aromatic rings. The average Bonchev–Trinajstić information content (AvgIpc) is 2.89. The van der Waals surface area contributed by atoms with E-state index in [9.17, 15) is 4.79 Å². The maximum Gasteiger partial charge on any atom is 0.371 e. The van der Waals surface area contributed by atoms with Crippen molar-refractivity contribution >= 4 is 17.3 Å². The number of nitrogen functional groups attached to an aromatic ring is 1. The first-order valence-electron chi connectivity index (χ1n) is 6.59. The van der Waals surface area contributed by atoms with Gasteiger partial charge in [0, 0.05) is 17.9 Å². The molecule has 1 aromatic heterocycles. The Morgan fingerprint density at radius 2 is 2.20 bits per heavy atom. The normalized spacial score (nSPS) is 14.1. The predicted octanol–water partition coefficient (Wildman–Crippen LogP) is 2.51. The summed E-state index contributed by atoms with van der Waals surface area (Å²) in [6.45, 7) is 1.48. The van der Waals surface area contributed by atoms with Crippen molar-refractivity contribution in [1.82, 2.24) is 0 Å². The number of nitrogens with zero attached hydrogens (tertiary/aromatic N) is 1. The summed E-state index contributed by atoms with van der Waals surface area (Å²) in [6.07, 6.45) is 2.02. The number of carboxylic acids is 1. The maximum absolute atomic E-state index is 10.8. The first kappa shape index (κ1) is 12.6. The van der Waals surface area contributed by atoms with E-state index in [4.69, 9.17) is 15.3 Å². The van der Waals surface area contributed by atoms with Crippen LogP contribution in [0.2, 0.25) is 0 Å². The SMILES string of the molecule is Nc1cccc2c1CCCN2Cc1ccc(C(=O)O)o1. The maximum atomic E-state index is 10.8. The second kappa shape index (κ2) is 4.92. The Morgan fingerprint density at radius 1 is 1.35 bits per heavy atom. The van der Waals surface area contributed by atoms with Crippen LogP contribution in [0.15, 0.2) is 34.7 Å². The molecule has 0 spiro atoms. The molecule has 0 atom stereocenters. The summed E-state index contributed by atoms with van der Waals surface area (Å²) in [7, 11) is 0. The Morgan fingerprint density at radius 3 is 2.95 bits per heavy atom. The highest BCUT2D eigenvalue weighted by atomic mass is 16.4. The van der Waals surface area contributed by atoms with Crippen LogP contribution < -0.4 is 10.6 Å². The van der Waals surface area contributed by atoms with Crippen molar-refractivity contribution in [1.29, 1.82) is 0 Å². The van der Waals surface area contributed by atoms with Gasteiger partial charge in [-0.25, -0.2) is 4.79 Å². The van der Waals surface area contributed by atoms with Gasteiger partial charge in [-0.15, -0.1) is 0 Å². The molecule has 104 valence electrons. The minimum atomic E-state index is -1.04. The lowest BCUT2D eigenvalue weighted by Gasteiger charge is -2.31. The molecule has 3 N–H and O–H groups in total. The van der Waals surface area contributed by atoms with Crippen LogP contribution in [0, 0.1) is 0 Å². The molecule has 1 aromatic carbocycles. The van der Waals surface area contributed by atoms with Crippen LogP contribution in [0.5, 0.6) is 0 Å². The van der Waals surface area contributed by atoms with Gasteiger partial charge in [0.25, 0.3) is 0 Å². The largest absolute Gasteiger partial charge is 0.475 e. The molecule has 1 aliphatic heterocycles. The molecule has 0 aliphatic carbocycles. The number of rotatable bonds is 3. The monoisotopic (exact) mass is 272 g/mol. The molecule has 5 nitrogen and oxygen atoms in total. The third kappa shape index (κ3) is 2.22. The molecule has 0 bridgehead atoms. The third-order valence-corrected chi connectivity index (χ3v) is 3.60. The lowest BCUT2D eigenvalue weighted by Crippen LogP contribution is -2.29. The molecule has 0 radical (unpaired) electrons. The highest BCUT2D eigenvalue weighted by Gasteiger charge is 2.20. The molecule has 1 aliphatic rings. The van der Waals surface area contributed by atoms with Gasteiger partial charge in [-0.2, -0.15) is 0 Å². The molecular weight excluding hydrogens is 256 g/mol. The van der Waals surface area contributed by atoms with E-state index < -0.39 is 5.97 Å². The molecule has 0 unspecified atom stereocenters. The molecule has 0 amide bonds. The van der Waals surface area contributed by atoms with Crippen LogP contribution in [0.3, 0.4) is 0 Å². The Balaban J connectivity index is 1.85. The summed E-state index contributed by atoms with van der Waals surface area (Å²) in [4.78, 5) is 13.0. The minimum Gasteiger partial charge on any atom is -0.475 e. The molecule has 0 saturated carbocycles. The van der Waals surface area contributed by atoms with E-state index in [1.54, 1.807) is 6.07 Å². The predicted molar refractivity (Wildman–Crippen MR) is 75.9 cm³/mol. The van der Waals surface area contributed by atoms with Crippen molar-refractivity contribution in [2.24, 2.45) is 0 Å². The van der Waals surface area contributed by atoms with Gasteiger partial charge in [-0.05, 0) is 42.7 Å². The first-order valence-corrected chi connectivity index (χ1v) is 6.59. The van der Waals surface area contributed by atoms with Crippen molar-refractivity contribution < 1.29 is 14.3 Å². The van der Waals surface area contributed by atoms with Gasteiger partial charge in [0.2, 0.25) is 5.76 Å². The standard InChI is InChI=1S/C15H16N2O3/c16-12-4-1-5-13-11(12)3-2-8-17(13)9-10-6-7-14(20-10)15(18)19/h1,4-7H,2-3,8-9,16H2,(H,18,19). The van der Waals surface area contributed by atoms with E-state index >= 15 is 0 Å². The van der Waals surface area contributed by atoms with Crippen LogP contribution in [0.4, 0.5) is 11.4 Å². The van der Waals surface area contributed by atoms with Crippen LogP contribution in [-0.4, -0.2) is 17.6 Å². The summed E-state index contributed by atoms with van der Waals surface area (Å²) in [5.74, 6) is -0.415. The van der Waals surface area contributed by atoms with Gasteiger partial charge in [0.05, 0.1) is 6.54 Å². The summed E-state index contributed by atoms with van der Waals surface area (Å²) in [5.41, 5.74) is 9.12. The van der Waals surface area contributed by atoms with E-state index in [2.05, 4.69) is 4.90 Å². The third-order valence-electron chi connectivity index (χ3n) is 3.60. The Hall–Kier alpha value is -2.43. The Labute approximate surface area is 116 Å². The zero-order chi connectivity index (χ0) is 14.1. The molecule has 0 saturated heterocycles. The molecular formula is C15H16N2O3. The lowest BCUT2D eigenvalue weighted by atomic mass is 10.00. The van der Waals surface area contributed by atoms with Gasteiger partial charge in [-0.1, -0.05) is 6.07 Å². The van der Waals surface area contributed by atoms with Crippen molar-refractivity contribution in [3.63, 3.8) is 0 Å². The van der Waals surface area contributed by atoms with Gasteiger partial charge >= 0.3 is 5.97 Å². The summed E-state index contributed by atoms with van der Waals surface area (Å²) >= 11 is 0. The number of hydrogen-bond donors (Lipinski definition) is 2. The van der Waals surface area contributed by atoms with E-state index in [-0.39, 0.29) is 5.76 Å². The second-order valence-electron chi connectivity index (χ2n) is 4.94. The van der Waals surface area contributed by atoms with E-state index in [0.717, 1.165) is 30.8 Å². The van der Waals surface area contributed by atoms with Crippen molar-refractivity contribution in [2.45, 2.75) is 19.4 Å². The number of aromatic carboxylic acids is 1. The zero-order valence-electron chi connectivity index (χ0n) is 11.0. The summed E-state index contributed by atoms with van der Waals surface area (Å²) < 4.78 is 5.32. The highest BCUT2D eigenvalue weighted by molar-refractivity contribution is 5.84. The van der Waals surface area contributed by atoms with E-state index in [1.165, 1.54) is 11.6 Å².